The summed E-state index contributed by atoms with van der Waals surface area (Å²) in [6.45, 7) is 4.21. The van der Waals surface area contributed by atoms with Gasteiger partial charge in [0.05, 0.1) is 33.9 Å². The minimum Gasteiger partial charge on any atom is -0.493 e. The van der Waals surface area contributed by atoms with Crippen LogP contribution in [0.15, 0.2) is 78.9 Å². The van der Waals surface area contributed by atoms with Crippen molar-refractivity contribution >= 4 is 11.9 Å². The van der Waals surface area contributed by atoms with Crippen molar-refractivity contribution in [1.82, 2.24) is 5.32 Å². The number of ether oxygens (including phenoxy) is 3. The summed E-state index contributed by atoms with van der Waals surface area (Å²) in [6.07, 6.45) is 2.50. The number of methoxy groups -OCH3 is 2. The van der Waals surface area contributed by atoms with Crippen molar-refractivity contribution in [3.63, 3.8) is 0 Å². The minimum absolute atomic E-state index is 0.156. The summed E-state index contributed by atoms with van der Waals surface area (Å²) in [7, 11) is 3.11. The smallest absolute Gasteiger partial charge is 0.348 e. The van der Waals surface area contributed by atoms with Crippen LogP contribution in [0.4, 0.5) is 0 Å². The normalized spacial score (nSPS) is 21.6. The fourth-order valence-corrected chi connectivity index (χ4v) is 6.35. The lowest BCUT2D eigenvalue weighted by molar-refractivity contribution is -0.946. The zero-order chi connectivity index (χ0) is 28.9. The van der Waals surface area contributed by atoms with Gasteiger partial charge >= 0.3 is 5.97 Å². The van der Waals surface area contributed by atoms with Crippen LogP contribution in [0, 0.1) is 5.92 Å². The van der Waals surface area contributed by atoms with E-state index >= 15 is 0 Å². The minimum atomic E-state index is -1.88. The number of quaternary nitrogens is 1. The van der Waals surface area contributed by atoms with Gasteiger partial charge in [-0.05, 0) is 29.3 Å². The van der Waals surface area contributed by atoms with Crippen molar-refractivity contribution in [3.05, 3.63) is 95.6 Å². The number of carbonyl (C=O) groups is 2. The molecule has 6 rings (SSSR count). The number of fused-ring (bicyclic) bond motifs is 3. The Morgan fingerprint density at radius 1 is 0.902 bits per heavy atom. The van der Waals surface area contributed by atoms with E-state index in [0.717, 1.165) is 49.9 Å². The fourth-order valence-electron chi connectivity index (χ4n) is 6.35. The number of esters is 1. The SMILES string of the molecule is COc1ccc(C(=O)NCCC[N+]23CCC(CC2)C(OC(=O)C(O)(c2ccccc2)c2ccccc2)C3)cc1OC. The lowest BCUT2D eigenvalue weighted by Crippen LogP contribution is -2.65. The molecule has 8 nitrogen and oxygen atoms in total. The largest absolute Gasteiger partial charge is 0.493 e. The maximum Gasteiger partial charge on any atom is 0.348 e. The average Bonchev–Trinajstić information content (AvgIpc) is 3.03. The van der Waals surface area contributed by atoms with Gasteiger partial charge in [-0.25, -0.2) is 4.79 Å². The molecule has 8 heteroatoms. The van der Waals surface area contributed by atoms with Crippen LogP contribution in [0.3, 0.4) is 0 Å². The van der Waals surface area contributed by atoms with Gasteiger partial charge in [-0.1, -0.05) is 60.7 Å². The second-order valence-corrected chi connectivity index (χ2v) is 11.1. The Bertz CT molecular complexity index is 1300. The van der Waals surface area contributed by atoms with Gasteiger partial charge in [0.15, 0.2) is 17.6 Å². The molecule has 0 aliphatic carbocycles. The third-order valence-corrected chi connectivity index (χ3v) is 8.72. The van der Waals surface area contributed by atoms with Crippen molar-refractivity contribution in [2.75, 3.05) is 46.9 Å². The molecule has 3 aromatic carbocycles. The molecule has 2 bridgehead atoms. The number of hydrogen-bond donors (Lipinski definition) is 2. The molecule has 1 atom stereocenters. The molecule has 216 valence electrons. The number of aliphatic hydroxyl groups is 1. The van der Waals surface area contributed by atoms with Crippen molar-refractivity contribution in [1.29, 1.82) is 0 Å². The van der Waals surface area contributed by atoms with E-state index in [4.69, 9.17) is 14.2 Å². The van der Waals surface area contributed by atoms with Gasteiger partial charge in [0.1, 0.15) is 6.54 Å². The number of carbonyl (C=O) groups excluding carboxylic acids is 2. The molecule has 0 aromatic heterocycles. The zero-order valence-corrected chi connectivity index (χ0v) is 23.8. The molecule has 3 aromatic rings. The van der Waals surface area contributed by atoms with E-state index in [1.165, 1.54) is 0 Å². The van der Waals surface area contributed by atoms with Gasteiger partial charge in [0.25, 0.3) is 5.91 Å². The van der Waals surface area contributed by atoms with E-state index < -0.39 is 11.6 Å². The third kappa shape index (κ3) is 5.94. The Labute approximate surface area is 241 Å². The molecule has 3 saturated heterocycles. The number of hydrogen-bond acceptors (Lipinski definition) is 6. The van der Waals surface area contributed by atoms with Gasteiger partial charge in [-0.2, -0.15) is 0 Å². The number of nitrogens with one attached hydrogen (secondary N) is 1. The first-order chi connectivity index (χ1) is 19.9. The maximum atomic E-state index is 13.7. The molecule has 1 unspecified atom stereocenters. The summed E-state index contributed by atoms with van der Waals surface area (Å²) in [5, 5.41) is 14.9. The first kappa shape index (κ1) is 28.6. The van der Waals surface area contributed by atoms with Crippen LogP contribution in [0.25, 0.3) is 0 Å². The summed E-state index contributed by atoms with van der Waals surface area (Å²) in [4.78, 5) is 26.5. The molecular formula is C33H39N2O6+. The van der Waals surface area contributed by atoms with Crippen LogP contribution in [0.2, 0.25) is 0 Å². The van der Waals surface area contributed by atoms with Crippen LogP contribution in [-0.4, -0.2) is 74.5 Å². The quantitative estimate of drug-likeness (QED) is 0.210. The molecule has 3 aliphatic heterocycles. The van der Waals surface area contributed by atoms with Crippen LogP contribution < -0.4 is 14.8 Å². The zero-order valence-electron chi connectivity index (χ0n) is 23.8. The summed E-state index contributed by atoms with van der Waals surface area (Å²) in [6, 6.07) is 23.1. The highest BCUT2D eigenvalue weighted by Crippen LogP contribution is 2.38. The lowest BCUT2D eigenvalue weighted by Gasteiger charge is -2.52. The Morgan fingerprint density at radius 3 is 2.10 bits per heavy atom. The predicted octanol–water partition coefficient (Wildman–Crippen LogP) is 3.91. The van der Waals surface area contributed by atoms with E-state index in [2.05, 4.69) is 5.32 Å². The van der Waals surface area contributed by atoms with Crippen molar-refractivity contribution < 1.29 is 33.4 Å². The summed E-state index contributed by atoms with van der Waals surface area (Å²) >= 11 is 0. The Balaban J connectivity index is 1.21. The Kier molecular flexibility index (Phi) is 8.61. The fraction of sp³-hybridized carbons (Fsp3) is 0.394. The monoisotopic (exact) mass is 559 g/mol. The van der Waals surface area contributed by atoms with Gasteiger partial charge < -0.3 is 29.1 Å². The number of piperidine rings is 3. The first-order valence-corrected chi connectivity index (χ1v) is 14.3. The lowest BCUT2D eigenvalue weighted by atomic mass is 9.82. The Hall–Kier alpha value is -3.88. The molecule has 41 heavy (non-hydrogen) atoms. The van der Waals surface area contributed by atoms with Gasteiger partial charge in [-0.3, -0.25) is 4.79 Å². The molecule has 3 heterocycles. The van der Waals surface area contributed by atoms with Crippen LogP contribution in [0.1, 0.15) is 40.7 Å². The standard InChI is InChI=1S/C33H38N2O6/c1-39-28-15-14-25(22-29(28)40-2)31(36)34-18-9-19-35-20-16-24(17-21-35)30(23-35)41-32(37)33(38,26-10-5-3-6-11-26)27-12-7-4-8-13-27/h3-8,10-15,22,24,30,38H,9,16-21,23H2,1-2H3/p+1. The molecule has 3 aliphatic rings. The van der Waals surface area contributed by atoms with Crippen LogP contribution in [0.5, 0.6) is 11.5 Å². The van der Waals surface area contributed by atoms with Gasteiger partial charge in [0, 0.05) is 37.3 Å². The number of nitrogens with zero attached hydrogens (tertiary/aromatic N) is 1. The number of rotatable bonds is 11. The molecule has 0 spiro atoms. The molecule has 0 saturated carbocycles. The third-order valence-electron chi connectivity index (χ3n) is 8.72. The average molecular weight is 560 g/mol. The van der Waals surface area contributed by atoms with E-state index in [1.807, 2.05) is 36.4 Å². The van der Waals surface area contributed by atoms with E-state index in [0.29, 0.717) is 40.7 Å². The molecule has 2 N–H and O–H groups in total. The van der Waals surface area contributed by atoms with Crippen LogP contribution >= 0.6 is 0 Å². The van der Waals surface area contributed by atoms with E-state index in [-0.39, 0.29) is 12.0 Å². The Morgan fingerprint density at radius 2 is 1.51 bits per heavy atom. The van der Waals surface area contributed by atoms with Gasteiger partial charge in [-0.15, -0.1) is 0 Å². The highest BCUT2D eigenvalue weighted by molar-refractivity contribution is 5.94. The summed E-state index contributed by atoms with van der Waals surface area (Å²) in [5.74, 6) is 0.598. The molecule has 1 amide bonds. The van der Waals surface area contributed by atoms with E-state index in [9.17, 15) is 14.7 Å². The van der Waals surface area contributed by atoms with Gasteiger partial charge in [0.2, 0.25) is 5.60 Å². The topological polar surface area (TPSA) is 94.1 Å². The van der Waals surface area contributed by atoms with E-state index in [1.54, 1.807) is 56.7 Å². The number of amides is 1. The summed E-state index contributed by atoms with van der Waals surface area (Å²) in [5.41, 5.74) is -0.378. The van der Waals surface area contributed by atoms with Crippen molar-refractivity contribution in [3.8, 4) is 11.5 Å². The number of benzene rings is 3. The maximum absolute atomic E-state index is 13.7. The first-order valence-electron chi connectivity index (χ1n) is 14.3. The van der Waals surface area contributed by atoms with Crippen molar-refractivity contribution in [2.45, 2.75) is 31.0 Å². The second kappa shape index (κ2) is 12.3. The predicted molar refractivity (Wildman–Crippen MR) is 155 cm³/mol. The molecule has 0 radical (unpaired) electrons. The van der Waals surface area contributed by atoms with Crippen molar-refractivity contribution in [2.24, 2.45) is 5.92 Å². The highest BCUT2D eigenvalue weighted by atomic mass is 16.6. The van der Waals surface area contributed by atoms with Crippen LogP contribution in [-0.2, 0) is 15.1 Å². The second-order valence-electron chi connectivity index (χ2n) is 11.1. The highest BCUT2D eigenvalue weighted by Gasteiger charge is 2.50. The molecule has 3 fully saturated rings. The molecular weight excluding hydrogens is 520 g/mol. The summed E-state index contributed by atoms with van der Waals surface area (Å²) < 4.78 is 17.6.